The molecule has 1 N–H and O–H groups in total. The van der Waals surface area contributed by atoms with Gasteiger partial charge in [-0.1, -0.05) is 45.0 Å². The molecule has 3 nitrogen and oxygen atoms in total. The van der Waals surface area contributed by atoms with Gasteiger partial charge in [-0.05, 0) is 17.9 Å². The molecule has 0 unspecified atom stereocenters. The first-order valence-corrected chi connectivity index (χ1v) is 6.30. The maximum Gasteiger partial charge on any atom is 0.254 e. The minimum absolute atomic E-state index is 0.0467. The number of benzene rings is 1. The highest BCUT2D eigenvalue weighted by atomic mass is 16.1. The third-order valence-electron chi connectivity index (χ3n) is 3.10. The zero-order chi connectivity index (χ0) is 13.1. The monoisotopic (exact) mass is 242 g/mol. The summed E-state index contributed by atoms with van der Waals surface area (Å²) in [4.78, 5) is 18.9. The highest BCUT2D eigenvalue weighted by Gasteiger charge is 2.13. The van der Waals surface area contributed by atoms with E-state index in [1.54, 1.807) is 0 Å². The number of aromatic nitrogens is 2. The van der Waals surface area contributed by atoms with Crippen LogP contribution in [0.15, 0.2) is 35.4 Å². The Bertz CT molecular complexity index is 582. The van der Waals surface area contributed by atoms with Gasteiger partial charge in [-0.3, -0.25) is 4.79 Å². The van der Waals surface area contributed by atoms with E-state index in [0.717, 1.165) is 23.2 Å². The smallest absolute Gasteiger partial charge is 0.254 e. The Balaban J connectivity index is 2.56. The summed E-state index contributed by atoms with van der Waals surface area (Å²) in [5.74, 6) is 0.156. The van der Waals surface area contributed by atoms with E-state index in [1.165, 1.54) is 11.9 Å². The minimum Gasteiger partial charge on any atom is -0.313 e. The molecule has 0 aliphatic heterocycles. The van der Waals surface area contributed by atoms with Crippen molar-refractivity contribution in [3.63, 3.8) is 0 Å². The Kier molecular flexibility index (Phi) is 3.60. The third-order valence-corrected chi connectivity index (χ3v) is 3.10. The zero-order valence-electron chi connectivity index (χ0n) is 11.0. The van der Waals surface area contributed by atoms with Gasteiger partial charge in [0, 0.05) is 11.1 Å². The molecule has 0 saturated heterocycles. The number of H-pyrrole nitrogens is 1. The van der Waals surface area contributed by atoms with Gasteiger partial charge in [0.1, 0.15) is 0 Å². The zero-order valence-corrected chi connectivity index (χ0v) is 11.0. The molecule has 1 aromatic carbocycles. The fourth-order valence-electron chi connectivity index (χ4n) is 2.07. The molecule has 1 heterocycles. The molecule has 1 aromatic heterocycles. The SMILES string of the molecule is CCc1ccc(-c2nc[nH]c(=O)c2C(C)C)cc1. The lowest BCUT2D eigenvalue weighted by Crippen LogP contribution is -2.16. The highest BCUT2D eigenvalue weighted by molar-refractivity contribution is 5.63. The molecule has 2 aromatic rings. The predicted molar refractivity (Wildman–Crippen MR) is 73.8 cm³/mol. The lowest BCUT2D eigenvalue weighted by atomic mass is 9.97. The van der Waals surface area contributed by atoms with Crippen LogP contribution in [0.3, 0.4) is 0 Å². The summed E-state index contributed by atoms with van der Waals surface area (Å²) >= 11 is 0. The molecule has 0 radical (unpaired) electrons. The third kappa shape index (κ3) is 2.35. The first-order valence-electron chi connectivity index (χ1n) is 6.30. The Hall–Kier alpha value is -1.90. The molecule has 0 atom stereocenters. The first-order chi connectivity index (χ1) is 8.63. The van der Waals surface area contributed by atoms with E-state index in [1.807, 2.05) is 26.0 Å². The standard InChI is InChI=1S/C15H18N2O/c1-4-11-5-7-12(8-6-11)14-13(10(2)3)15(18)17-9-16-14/h5-10H,4H2,1-3H3,(H,16,17,18). The second kappa shape index (κ2) is 5.17. The van der Waals surface area contributed by atoms with Crippen molar-refractivity contribution in [3.8, 4) is 11.3 Å². The van der Waals surface area contributed by atoms with Crippen molar-refractivity contribution in [2.24, 2.45) is 0 Å². The molecule has 94 valence electrons. The van der Waals surface area contributed by atoms with Crippen molar-refractivity contribution < 1.29 is 0 Å². The van der Waals surface area contributed by atoms with E-state index >= 15 is 0 Å². The van der Waals surface area contributed by atoms with Crippen molar-refractivity contribution in [3.05, 3.63) is 52.1 Å². The van der Waals surface area contributed by atoms with Gasteiger partial charge in [0.25, 0.3) is 5.56 Å². The molecule has 2 rings (SSSR count). The molecule has 0 bridgehead atoms. The van der Waals surface area contributed by atoms with Gasteiger partial charge in [-0.15, -0.1) is 0 Å². The topological polar surface area (TPSA) is 45.8 Å². The predicted octanol–water partition coefficient (Wildman–Crippen LogP) is 3.12. The molecule has 0 fully saturated rings. The van der Waals surface area contributed by atoms with Crippen molar-refractivity contribution in [1.29, 1.82) is 0 Å². The first kappa shape index (κ1) is 12.6. The summed E-state index contributed by atoms with van der Waals surface area (Å²) in [6, 6.07) is 8.24. The Morgan fingerprint density at radius 3 is 2.44 bits per heavy atom. The van der Waals surface area contributed by atoms with E-state index in [9.17, 15) is 4.79 Å². The fourth-order valence-corrected chi connectivity index (χ4v) is 2.07. The summed E-state index contributed by atoms with van der Waals surface area (Å²) < 4.78 is 0. The number of aryl methyl sites for hydroxylation is 1. The van der Waals surface area contributed by atoms with Crippen LogP contribution in [0.1, 0.15) is 37.8 Å². The second-order valence-corrected chi connectivity index (χ2v) is 4.70. The molecule has 18 heavy (non-hydrogen) atoms. The highest BCUT2D eigenvalue weighted by Crippen LogP contribution is 2.24. The molecule has 0 saturated carbocycles. The van der Waals surface area contributed by atoms with Crippen LogP contribution in [0.4, 0.5) is 0 Å². The van der Waals surface area contributed by atoms with Gasteiger partial charge in [-0.2, -0.15) is 0 Å². The summed E-state index contributed by atoms with van der Waals surface area (Å²) in [7, 11) is 0. The van der Waals surface area contributed by atoms with E-state index < -0.39 is 0 Å². The van der Waals surface area contributed by atoms with Crippen LogP contribution in [0.2, 0.25) is 0 Å². The quantitative estimate of drug-likeness (QED) is 0.898. The molecule has 0 amide bonds. The summed E-state index contributed by atoms with van der Waals surface area (Å²) in [6.07, 6.45) is 2.48. The molecule has 0 aliphatic carbocycles. The van der Waals surface area contributed by atoms with Gasteiger partial charge in [0.15, 0.2) is 0 Å². The molecule has 3 heteroatoms. The van der Waals surface area contributed by atoms with Gasteiger partial charge in [0.2, 0.25) is 0 Å². The van der Waals surface area contributed by atoms with E-state index in [-0.39, 0.29) is 11.5 Å². The molecule has 0 spiro atoms. The Morgan fingerprint density at radius 1 is 1.22 bits per heavy atom. The van der Waals surface area contributed by atoms with Crippen LogP contribution >= 0.6 is 0 Å². The van der Waals surface area contributed by atoms with Crippen LogP contribution < -0.4 is 5.56 Å². The van der Waals surface area contributed by atoms with Crippen molar-refractivity contribution >= 4 is 0 Å². The second-order valence-electron chi connectivity index (χ2n) is 4.70. The molecule has 0 aliphatic rings. The van der Waals surface area contributed by atoms with Gasteiger partial charge >= 0.3 is 0 Å². The average molecular weight is 242 g/mol. The average Bonchev–Trinajstić information content (AvgIpc) is 2.38. The Morgan fingerprint density at radius 2 is 1.89 bits per heavy atom. The van der Waals surface area contributed by atoms with Gasteiger partial charge < -0.3 is 4.98 Å². The van der Waals surface area contributed by atoms with Crippen LogP contribution in [0.5, 0.6) is 0 Å². The number of hydrogen-bond acceptors (Lipinski definition) is 2. The number of hydrogen-bond donors (Lipinski definition) is 1. The Labute approximate surface area is 107 Å². The fraction of sp³-hybridized carbons (Fsp3) is 0.333. The van der Waals surface area contributed by atoms with Gasteiger partial charge in [-0.25, -0.2) is 4.98 Å². The summed E-state index contributed by atoms with van der Waals surface area (Å²) in [5.41, 5.74) is 3.78. The van der Waals surface area contributed by atoms with E-state index in [0.29, 0.717) is 0 Å². The number of rotatable bonds is 3. The lowest BCUT2D eigenvalue weighted by Gasteiger charge is -2.10. The van der Waals surface area contributed by atoms with E-state index in [2.05, 4.69) is 29.0 Å². The normalized spacial score (nSPS) is 10.9. The van der Waals surface area contributed by atoms with Gasteiger partial charge in [0.05, 0.1) is 12.0 Å². The summed E-state index contributed by atoms with van der Waals surface area (Å²) in [5, 5.41) is 0. The lowest BCUT2D eigenvalue weighted by molar-refractivity contribution is 0.833. The number of nitrogens with zero attached hydrogens (tertiary/aromatic N) is 1. The van der Waals surface area contributed by atoms with Crippen molar-refractivity contribution in [2.75, 3.05) is 0 Å². The summed E-state index contributed by atoms with van der Waals surface area (Å²) in [6.45, 7) is 6.15. The van der Waals surface area contributed by atoms with Crippen molar-refractivity contribution in [1.82, 2.24) is 9.97 Å². The van der Waals surface area contributed by atoms with Crippen LogP contribution in [0.25, 0.3) is 11.3 Å². The van der Waals surface area contributed by atoms with Crippen LogP contribution in [-0.2, 0) is 6.42 Å². The number of nitrogens with one attached hydrogen (secondary N) is 1. The van der Waals surface area contributed by atoms with Crippen molar-refractivity contribution in [2.45, 2.75) is 33.1 Å². The molecular weight excluding hydrogens is 224 g/mol. The van der Waals surface area contributed by atoms with Crippen LogP contribution in [-0.4, -0.2) is 9.97 Å². The van der Waals surface area contributed by atoms with Crippen LogP contribution in [0, 0.1) is 0 Å². The molecular formula is C15H18N2O. The maximum atomic E-state index is 11.9. The largest absolute Gasteiger partial charge is 0.313 e. The van der Waals surface area contributed by atoms with E-state index in [4.69, 9.17) is 0 Å². The minimum atomic E-state index is -0.0467. The number of aromatic amines is 1. The maximum absolute atomic E-state index is 11.9.